The van der Waals surface area contributed by atoms with Crippen LogP contribution in [0.4, 0.5) is 5.82 Å². The Balaban J connectivity index is 1.57. The van der Waals surface area contributed by atoms with Crippen LogP contribution in [0.15, 0.2) is 42.5 Å². The van der Waals surface area contributed by atoms with Crippen LogP contribution in [-0.4, -0.2) is 31.2 Å². The van der Waals surface area contributed by atoms with E-state index in [0.29, 0.717) is 18.1 Å². The molecule has 0 saturated heterocycles. The Hall–Kier alpha value is -2.73. The molecule has 2 aromatic heterocycles. The zero-order chi connectivity index (χ0) is 16.7. The van der Waals surface area contributed by atoms with E-state index in [-0.39, 0.29) is 6.04 Å². The van der Waals surface area contributed by atoms with Gasteiger partial charge in [-0.15, -0.1) is 10.2 Å². The number of aliphatic hydroxyl groups is 1. The first-order chi connectivity index (χ1) is 11.6. The standard InChI is InChI=1S/C18H19N5O/c1-11-9-12(2)23(22-11)17-8-7-16(20-21-17)19-18-14-6-4-3-5-13(14)10-15(18)24/h3-9,15,18,24H,10H2,1-2H3,(H,19,20)/t15-,18+/m1/s1. The summed E-state index contributed by atoms with van der Waals surface area (Å²) in [6.07, 6.45) is 0.199. The number of hydrogen-bond donors (Lipinski definition) is 2. The molecule has 2 heterocycles. The van der Waals surface area contributed by atoms with Crippen LogP contribution < -0.4 is 5.32 Å². The molecular formula is C18H19N5O. The summed E-state index contributed by atoms with van der Waals surface area (Å²) in [4.78, 5) is 0. The molecule has 1 aliphatic rings. The van der Waals surface area contributed by atoms with Crippen LogP contribution in [0, 0.1) is 13.8 Å². The summed E-state index contributed by atoms with van der Waals surface area (Å²) in [6, 6.07) is 13.7. The average molecular weight is 321 g/mol. The van der Waals surface area contributed by atoms with Crippen molar-refractivity contribution in [3.8, 4) is 5.82 Å². The van der Waals surface area contributed by atoms with Gasteiger partial charge >= 0.3 is 0 Å². The maximum absolute atomic E-state index is 10.3. The SMILES string of the molecule is Cc1cc(C)n(-c2ccc(N[C@H]3c4ccccc4C[C@H]3O)nn2)n1. The average Bonchev–Trinajstić information content (AvgIpc) is 3.07. The zero-order valence-electron chi connectivity index (χ0n) is 13.6. The normalized spacial score (nSPS) is 19.3. The molecule has 1 aromatic carbocycles. The third-order valence-corrected chi connectivity index (χ3v) is 4.38. The molecule has 4 rings (SSSR count). The molecule has 2 N–H and O–H groups in total. The lowest BCUT2D eigenvalue weighted by molar-refractivity contribution is 0.165. The largest absolute Gasteiger partial charge is 0.390 e. The highest BCUT2D eigenvalue weighted by molar-refractivity contribution is 5.45. The van der Waals surface area contributed by atoms with Gasteiger partial charge in [0.05, 0.1) is 17.8 Å². The van der Waals surface area contributed by atoms with Crippen molar-refractivity contribution < 1.29 is 5.11 Å². The van der Waals surface area contributed by atoms with E-state index in [1.165, 1.54) is 5.56 Å². The summed E-state index contributed by atoms with van der Waals surface area (Å²) in [6.45, 7) is 3.94. The fourth-order valence-corrected chi connectivity index (χ4v) is 3.28. The van der Waals surface area contributed by atoms with Crippen LogP contribution in [-0.2, 0) is 6.42 Å². The molecule has 0 spiro atoms. The fraction of sp³-hybridized carbons (Fsp3) is 0.278. The minimum atomic E-state index is -0.458. The van der Waals surface area contributed by atoms with Crippen LogP contribution in [0.25, 0.3) is 5.82 Å². The number of aryl methyl sites for hydroxylation is 2. The first-order valence-electron chi connectivity index (χ1n) is 8.01. The van der Waals surface area contributed by atoms with E-state index in [4.69, 9.17) is 0 Å². The Morgan fingerprint density at radius 3 is 2.67 bits per heavy atom. The Morgan fingerprint density at radius 1 is 1.12 bits per heavy atom. The second-order valence-electron chi connectivity index (χ2n) is 6.21. The molecule has 122 valence electrons. The van der Waals surface area contributed by atoms with Crippen molar-refractivity contribution >= 4 is 5.82 Å². The minimum absolute atomic E-state index is 0.157. The predicted molar refractivity (Wildman–Crippen MR) is 91.1 cm³/mol. The van der Waals surface area contributed by atoms with Crippen LogP contribution in [0.2, 0.25) is 0 Å². The van der Waals surface area contributed by atoms with Crippen molar-refractivity contribution in [3.05, 3.63) is 65.0 Å². The molecule has 0 aliphatic heterocycles. The summed E-state index contributed by atoms with van der Waals surface area (Å²) >= 11 is 0. The summed E-state index contributed by atoms with van der Waals surface area (Å²) in [5.41, 5.74) is 4.26. The molecular weight excluding hydrogens is 302 g/mol. The van der Waals surface area contributed by atoms with E-state index in [9.17, 15) is 5.11 Å². The number of fused-ring (bicyclic) bond motifs is 1. The number of rotatable bonds is 3. The lowest BCUT2D eigenvalue weighted by Gasteiger charge is -2.18. The maximum Gasteiger partial charge on any atom is 0.176 e. The maximum atomic E-state index is 10.3. The van der Waals surface area contributed by atoms with Gasteiger partial charge in [0.15, 0.2) is 5.82 Å². The van der Waals surface area contributed by atoms with Gasteiger partial charge in [-0.2, -0.15) is 5.10 Å². The Morgan fingerprint density at radius 2 is 1.96 bits per heavy atom. The zero-order valence-corrected chi connectivity index (χ0v) is 13.6. The van der Waals surface area contributed by atoms with E-state index in [1.807, 2.05) is 50.2 Å². The molecule has 0 amide bonds. The lowest BCUT2D eigenvalue weighted by atomic mass is 10.1. The van der Waals surface area contributed by atoms with Gasteiger partial charge in [-0.05, 0) is 43.2 Å². The van der Waals surface area contributed by atoms with Crippen molar-refractivity contribution in [2.24, 2.45) is 0 Å². The second-order valence-corrected chi connectivity index (χ2v) is 6.21. The molecule has 0 bridgehead atoms. The molecule has 0 fully saturated rings. The summed E-state index contributed by atoms with van der Waals surface area (Å²) in [5, 5.41) is 26.5. The van der Waals surface area contributed by atoms with Crippen molar-refractivity contribution in [1.29, 1.82) is 0 Å². The third kappa shape index (κ3) is 2.55. The first kappa shape index (κ1) is 14.8. The Kier molecular flexibility index (Phi) is 3.54. The van der Waals surface area contributed by atoms with Gasteiger partial charge in [0, 0.05) is 12.1 Å². The first-order valence-corrected chi connectivity index (χ1v) is 8.01. The lowest BCUT2D eigenvalue weighted by Crippen LogP contribution is -2.22. The van der Waals surface area contributed by atoms with E-state index in [0.717, 1.165) is 17.0 Å². The van der Waals surface area contributed by atoms with E-state index in [2.05, 4.69) is 26.7 Å². The monoisotopic (exact) mass is 321 g/mol. The summed E-state index contributed by atoms with van der Waals surface area (Å²) in [7, 11) is 0. The van der Waals surface area contributed by atoms with Gasteiger partial charge < -0.3 is 10.4 Å². The number of benzene rings is 1. The molecule has 0 radical (unpaired) electrons. The molecule has 6 heteroatoms. The van der Waals surface area contributed by atoms with E-state index >= 15 is 0 Å². The minimum Gasteiger partial charge on any atom is -0.390 e. The number of nitrogens with zero attached hydrogens (tertiary/aromatic N) is 4. The quantitative estimate of drug-likeness (QED) is 0.774. The van der Waals surface area contributed by atoms with Gasteiger partial charge in [0.25, 0.3) is 0 Å². The highest BCUT2D eigenvalue weighted by atomic mass is 16.3. The summed E-state index contributed by atoms with van der Waals surface area (Å²) in [5.74, 6) is 1.32. The van der Waals surface area contributed by atoms with Crippen molar-refractivity contribution in [2.45, 2.75) is 32.4 Å². The Labute approximate surface area is 140 Å². The highest BCUT2D eigenvalue weighted by Gasteiger charge is 2.30. The van der Waals surface area contributed by atoms with Crippen molar-refractivity contribution in [2.75, 3.05) is 5.32 Å². The Bertz CT molecular complexity index is 871. The third-order valence-electron chi connectivity index (χ3n) is 4.38. The molecule has 0 saturated carbocycles. The van der Waals surface area contributed by atoms with Gasteiger partial charge in [-0.3, -0.25) is 0 Å². The van der Waals surface area contributed by atoms with Crippen LogP contribution in [0.3, 0.4) is 0 Å². The molecule has 2 atom stereocenters. The number of aliphatic hydroxyl groups excluding tert-OH is 1. The number of hydrogen-bond acceptors (Lipinski definition) is 5. The predicted octanol–water partition coefficient (Wildman–Crippen LogP) is 2.35. The molecule has 0 unspecified atom stereocenters. The molecule has 6 nitrogen and oxygen atoms in total. The van der Waals surface area contributed by atoms with Gasteiger partial charge in [0.1, 0.15) is 5.82 Å². The van der Waals surface area contributed by atoms with Gasteiger partial charge in [-0.25, -0.2) is 4.68 Å². The fourth-order valence-electron chi connectivity index (χ4n) is 3.28. The topological polar surface area (TPSA) is 75.9 Å². The van der Waals surface area contributed by atoms with Gasteiger partial charge in [-0.1, -0.05) is 24.3 Å². The van der Waals surface area contributed by atoms with E-state index < -0.39 is 6.10 Å². The van der Waals surface area contributed by atoms with Crippen LogP contribution >= 0.6 is 0 Å². The van der Waals surface area contributed by atoms with Crippen LogP contribution in [0.1, 0.15) is 28.6 Å². The van der Waals surface area contributed by atoms with Crippen molar-refractivity contribution in [1.82, 2.24) is 20.0 Å². The van der Waals surface area contributed by atoms with Gasteiger partial charge in [0.2, 0.25) is 0 Å². The second kappa shape index (κ2) is 5.72. The van der Waals surface area contributed by atoms with E-state index in [1.54, 1.807) is 4.68 Å². The molecule has 1 aliphatic carbocycles. The number of aromatic nitrogens is 4. The highest BCUT2D eigenvalue weighted by Crippen LogP contribution is 2.33. The molecule has 3 aromatic rings. The van der Waals surface area contributed by atoms with Crippen LogP contribution in [0.5, 0.6) is 0 Å². The number of nitrogens with one attached hydrogen (secondary N) is 1. The van der Waals surface area contributed by atoms with Crippen molar-refractivity contribution in [3.63, 3.8) is 0 Å². The summed E-state index contributed by atoms with van der Waals surface area (Å²) < 4.78 is 1.77. The number of anilines is 1. The smallest absolute Gasteiger partial charge is 0.176 e. The molecule has 24 heavy (non-hydrogen) atoms.